The third-order valence-electron chi connectivity index (χ3n) is 3.60. The molecule has 1 aromatic rings. The molecule has 1 amide bonds. The van der Waals surface area contributed by atoms with Crippen LogP contribution in [0.1, 0.15) is 24.8 Å². The van der Waals surface area contributed by atoms with Crippen LogP contribution in [-0.2, 0) is 11.3 Å². The van der Waals surface area contributed by atoms with Gasteiger partial charge in [0.15, 0.2) is 0 Å². The summed E-state index contributed by atoms with van der Waals surface area (Å²) in [6, 6.07) is 6.22. The van der Waals surface area contributed by atoms with Crippen molar-refractivity contribution in [3.63, 3.8) is 0 Å². The van der Waals surface area contributed by atoms with Gasteiger partial charge in [-0.1, -0.05) is 18.6 Å². The molecule has 3 nitrogen and oxygen atoms in total. The second kappa shape index (κ2) is 6.87. The van der Waals surface area contributed by atoms with Crippen LogP contribution in [0.2, 0.25) is 0 Å². The number of nitrogens with two attached hydrogens (primary N) is 1. The molecule has 0 bridgehead atoms. The number of hydrogen-bond donors (Lipinski definition) is 1. The van der Waals surface area contributed by atoms with Crippen molar-refractivity contribution < 1.29 is 9.18 Å². The molecule has 0 aliphatic heterocycles. The lowest BCUT2D eigenvalue weighted by Crippen LogP contribution is -2.39. The van der Waals surface area contributed by atoms with E-state index in [2.05, 4.69) is 0 Å². The van der Waals surface area contributed by atoms with E-state index in [1.54, 1.807) is 24.1 Å². The highest BCUT2D eigenvalue weighted by molar-refractivity contribution is 5.85. The second-order valence-electron chi connectivity index (χ2n) is 5.02. The molecular formula is C14H20ClFN2O. The number of carbonyl (C=O) groups is 1. The minimum Gasteiger partial charge on any atom is -0.341 e. The highest BCUT2D eigenvalue weighted by atomic mass is 35.5. The molecule has 0 spiro atoms. The summed E-state index contributed by atoms with van der Waals surface area (Å²) in [7, 11) is 1.77. The van der Waals surface area contributed by atoms with Crippen LogP contribution in [-0.4, -0.2) is 23.9 Å². The van der Waals surface area contributed by atoms with Gasteiger partial charge in [-0.05, 0) is 30.5 Å². The van der Waals surface area contributed by atoms with Crippen molar-refractivity contribution in [1.29, 1.82) is 0 Å². The molecule has 2 atom stereocenters. The normalized spacial score (nSPS) is 21.8. The molecule has 19 heavy (non-hydrogen) atoms. The number of benzene rings is 1. The predicted octanol–water partition coefficient (Wildman–Crippen LogP) is 2.33. The highest BCUT2D eigenvalue weighted by Gasteiger charge is 2.32. The van der Waals surface area contributed by atoms with Gasteiger partial charge < -0.3 is 10.6 Å². The Morgan fingerprint density at radius 2 is 2.00 bits per heavy atom. The van der Waals surface area contributed by atoms with E-state index in [0.717, 1.165) is 24.8 Å². The van der Waals surface area contributed by atoms with Gasteiger partial charge in [0, 0.05) is 19.6 Å². The van der Waals surface area contributed by atoms with Gasteiger partial charge in [0.25, 0.3) is 0 Å². The molecule has 1 fully saturated rings. The summed E-state index contributed by atoms with van der Waals surface area (Å²) >= 11 is 0. The number of halogens is 2. The van der Waals surface area contributed by atoms with E-state index in [1.165, 1.54) is 12.1 Å². The first-order valence-electron chi connectivity index (χ1n) is 6.33. The summed E-state index contributed by atoms with van der Waals surface area (Å²) in [5.74, 6) is -0.203. The Labute approximate surface area is 119 Å². The fourth-order valence-electron chi connectivity index (χ4n) is 2.52. The van der Waals surface area contributed by atoms with Crippen molar-refractivity contribution in [1.82, 2.24) is 4.90 Å². The van der Waals surface area contributed by atoms with Crippen molar-refractivity contribution in [2.75, 3.05) is 7.05 Å². The zero-order valence-electron chi connectivity index (χ0n) is 11.0. The predicted molar refractivity (Wildman–Crippen MR) is 75.4 cm³/mol. The lowest BCUT2D eigenvalue weighted by molar-refractivity contribution is -0.134. The first-order chi connectivity index (χ1) is 8.58. The second-order valence-corrected chi connectivity index (χ2v) is 5.02. The maximum atomic E-state index is 12.8. The minimum atomic E-state index is -0.259. The number of hydrogen-bond acceptors (Lipinski definition) is 2. The van der Waals surface area contributed by atoms with Crippen LogP contribution in [0.15, 0.2) is 24.3 Å². The smallest absolute Gasteiger partial charge is 0.227 e. The molecule has 1 aliphatic carbocycles. The molecule has 5 heteroatoms. The van der Waals surface area contributed by atoms with Crippen LogP contribution in [0.5, 0.6) is 0 Å². The summed E-state index contributed by atoms with van der Waals surface area (Å²) in [5.41, 5.74) is 6.86. The Morgan fingerprint density at radius 3 is 2.53 bits per heavy atom. The van der Waals surface area contributed by atoms with E-state index in [4.69, 9.17) is 5.73 Å². The van der Waals surface area contributed by atoms with Gasteiger partial charge in [-0.3, -0.25) is 4.79 Å². The largest absolute Gasteiger partial charge is 0.341 e. The molecule has 0 aromatic heterocycles. The standard InChI is InChI=1S/C14H19FN2O.ClH/c1-17(9-10-5-7-11(15)8-6-10)14(18)12-3-2-4-13(12)16;/h5-8,12-13H,2-4,9,16H2,1H3;1H. The van der Waals surface area contributed by atoms with E-state index in [9.17, 15) is 9.18 Å². The molecule has 0 radical (unpaired) electrons. The summed E-state index contributed by atoms with van der Waals surface area (Å²) in [5, 5.41) is 0. The van der Waals surface area contributed by atoms with Crippen molar-refractivity contribution in [2.45, 2.75) is 31.8 Å². The maximum Gasteiger partial charge on any atom is 0.227 e. The van der Waals surface area contributed by atoms with Gasteiger partial charge in [-0.2, -0.15) is 0 Å². The number of carbonyl (C=O) groups excluding carboxylic acids is 1. The Kier molecular flexibility index (Phi) is 5.76. The van der Waals surface area contributed by atoms with Crippen LogP contribution in [0.3, 0.4) is 0 Å². The molecule has 106 valence electrons. The van der Waals surface area contributed by atoms with Crippen LogP contribution >= 0.6 is 12.4 Å². The van der Waals surface area contributed by atoms with Gasteiger partial charge in [-0.15, -0.1) is 12.4 Å². The molecule has 1 saturated carbocycles. The average molecular weight is 287 g/mol. The first kappa shape index (κ1) is 15.9. The fraction of sp³-hybridized carbons (Fsp3) is 0.500. The van der Waals surface area contributed by atoms with Gasteiger partial charge in [0.1, 0.15) is 5.82 Å². The summed E-state index contributed by atoms with van der Waals surface area (Å²) in [6.07, 6.45) is 2.84. The third kappa shape index (κ3) is 3.91. The first-order valence-corrected chi connectivity index (χ1v) is 6.33. The molecule has 2 unspecified atom stereocenters. The highest BCUT2D eigenvalue weighted by Crippen LogP contribution is 2.26. The van der Waals surface area contributed by atoms with Crippen LogP contribution in [0.4, 0.5) is 4.39 Å². The SMILES string of the molecule is CN(Cc1ccc(F)cc1)C(=O)C1CCCC1N.Cl. The van der Waals surface area contributed by atoms with E-state index < -0.39 is 0 Å². The van der Waals surface area contributed by atoms with Gasteiger partial charge in [-0.25, -0.2) is 4.39 Å². The number of rotatable bonds is 3. The maximum absolute atomic E-state index is 12.8. The topological polar surface area (TPSA) is 46.3 Å². The van der Waals surface area contributed by atoms with Crippen LogP contribution in [0.25, 0.3) is 0 Å². The Morgan fingerprint density at radius 1 is 1.37 bits per heavy atom. The Balaban J connectivity index is 0.00000180. The molecule has 0 heterocycles. The lowest BCUT2D eigenvalue weighted by atomic mass is 10.0. The molecule has 2 rings (SSSR count). The van der Waals surface area contributed by atoms with Crippen LogP contribution in [0, 0.1) is 11.7 Å². The molecule has 1 aromatic carbocycles. The third-order valence-corrected chi connectivity index (χ3v) is 3.60. The van der Waals surface area contributed by atoms with Gasteiger partial charge in [0.2, 0.25) is 5.91 Å². The quantitative estimate of drug-likeness (QED) is 0.927. The number of nitrogens with zero attached hydrogens (tertiary/aromatic N) is 1. The summed E-state index contributed by atoms with van der Waals surface area (Å²) in [6.45, 7) is 0.502. The van der Waals surface area contributed by atoms with Crippen LogP contribution < -0.4 is 5.73 Å². The lowest BCUT2D eigenvalue weighted by Gasteiger charge is -2.23. The minimum absolute atomic E-state index is 0. The average Bonchev–Trinajstić information content (AvgIpc) is 2.77. The van der Waals surface area contributed by atoms with Gasteiger partial charge >= 0.3 is 0 Å². The molecule has 2 N–H and O–H groups in total. The Bertz CT molecular complexity index is 424. The molecule has 0 saturated heterocycles. The van der Waals surface area contributed by atoms with Crippen molar-refractivity contribution in [3.05, 3.63) is 35.6 Å². The summed E-state index contributed by atoms with van der Waals surface area (Å²) in [4.78, 5) is 13.9. The van der Waals surface area contributed by atoms with Gasteiger partial charge in [0.05, 0.1) is 5.92 Å². The zero-order chi connectivity index (χ0) is 13.1. The molecular weight excluding hydrogens is 267 g/mol. The van der Waals surface area contributed by atoms with Crippen molar-refractivity contribution in [3.8, 4) is 0 Å². The molecule has 1 aliphatic rings. The van der Waals surface area contributed by atoms with E-state index >= 15 is 0 Å². The Hall–Kier alpha value is -1.13. The van der Waals surface area contributed by atoms with Crippen molar-refractivity contribution >= 4 is 18.3 Å². The monoisotopic (exact) mass is 286 g/mol. The van der Waals surface area contributed by atoms with E-state index in [-0.39, 0.29) is 36.1 Å². The van der Waals surface area contributed by atoms with Crippen molar-refractivity contribution in [2.24, 2.45) is 11.7 Å². The zero-order valence-corrected chi connectivity index (χ0v) is 11.8. The van der Waals surface area contributed by atoms with E-state index in [1.807, 2.05) is 0 Å². The summed E-state index contributed by atoms with van der Waals surface area (Å²) < 4.78 is 12.8. The number of amides is 1. The fourth-order valence-corrected chi connectivity index (χ4v) is 2.52. The van der Waals surface area contributed by atoms with E-state index in [0.29, 0.717) is 6.54 Å².